The molecule has 2 N–H and O–H groups in total. The first-order valence-electron chi connectivity index (χ1n) is 8.25. The number of urea groups is 1. The average molecular weight is 319 g/mol. The number of nitrogens with zero attached hydrogens (tertiary/aromatic N) is 3. The molecule has 7 nitrogen and oxygen atoms in total. The Hall–Kier alpha value is -1.89. The van der Waals surface area contributed by atoms with E-state index in [0.717, 1.165) is 44.7 Å². The number of carbonyl (C=O) groups is 1. The summed E-state index contributed by atoms with van der Waals surface area (Å²) >= 11 is 0. The molecule has 0 radical (unpaired) electrons. The van der Waals surface area contributed by atoms with Gasteiger partial charge in [0.2, 0.25) is 5.95 Å². The second-order valence-electron chi connectivity index (χ2n) is 6.65. The fourth-order valence-electron chi connectivity index (χ4n) is 3.69. The minimum Gasteiger partial charge on any atom is -0.381 e. The lowest BCUT2D eigenvalue weighted by Gasteiger charge is -2.39. The third-order valence-electron chi connectivity index (χ3n) is 5.02. The summed E-state index contributed by atoms with van der Waals surface area (Å²) in [5, 5.41) is 5.89. The number of rotatable bonds is 3. The van der Waals surface area contributed by atoms with Crippen LogP contribution >= 0.6 is 0 Å². The highest BCUT2D eigenvalue weighted by Gasteiger charge is 2.44. The minimum absolute atomic E-state index is 0.210. The molecule has 1 aliphatic heterocycles. The van der Waals surface area contributed by atoms with Gasteiger partial charge in [-0.2, -0.15) is 4.98 Å². The summed E-state index contributed by atoms with van der Waals surface area (Å²) in [6.45, 7) is 1.60. The zero-order valence-corrected chi connectivity index (χ0v) is 13.8. The molecule has 7 heteroatoms. The van der Waals surface area contributed by atoms with Crippen LogP contribution in [0.1, 0.15) is 32.1 Å². The van der Waals surface area contributed by atoms with Crippen molar-refractivity contribution in [3.8, 4) is 0 Å². The van der Waals surface area contributed by atoms with Gasteiger partial charge in [-0.05, 0) is 37.2 Å². The van der Waals surface area contributed by atoms with Gasteiger partial charge in [0.25, 0.3) is 0 Å². The van der Waals surface area contributed by atoms with Crippen molar-refractivity contribution >= 4 is 17.8 Å². The van der Waals surface area contributed by atoms with Gasteiger partial charge in [0.15, 0.2) is 0 Å². The first kappa shape index (κ1) is 16.0. The third kappa shape index (κ3) is 3.55. The van der Waals surface area contributed by atoms with Crippen molar-refractivity contribution < 1.29 is 9.53 Å². The molecule has 1 saturated heterocycles. The van der Waals surface area contributed by atoms with Crippen LogP contribution in [0.5, 0.6) is 0 Å². The summed E-state index contributed by atoms with van der Waals surface area (Å²) in [4.78, 5) is 22.6. The number of hydrogen-bond donors (Lipinski definition) is 2. The van der Waals surface area contributed by atoms with Gasteiger partial charge in [0.1, 0.15) is 5.82 Å². The number of nitrogens with one attached hydrogen (secondary N) is 2. The van der Waals surface area contributed by atoms with E-state index < -0.39 is 0 Å². The SMILES string of the molecule is CN(C)c1ccnc(NC(=O)NC2CCCC23CCOCC3)n1. The van der Waals surface area contributed by atoms with Crippen molar-refractivity contribution in [2.45, 2.75) is 38.1 Å². The molecular formula is C16H25N5O2. The molecular weight excluding hydrogens is 294 g/mol. The van der Waals surface area contributed by atoms with Crippen molar-refractivity contribution in [2.75, 3.05) is 37.5 Å². The van der Waals surface area contributed by atoms with E-state index in [4.69, 9.17) is 4.74 Å². The Labute approximate surface area is 136 Å². The molecule has 1 spiro atoms. The highest BCUT2D eigenvalue weighted by molar-refractivity contribution is 5.87. The lowest BCUT2D eigenvalue weighted by Crippen LogP contribution is -2.48. The van der Waals surface area contributed by atoms with Gasteiger partial charge < -0.3 is 15.0 Å². The fourth-order valence-corrected chi connectivity index (χ4v) is 3.69. The summed E-state index contributed by atoms with van der Waals surface area (Å²) < 4.78 is 5.49. The van der Waals surface area contributed by atoms with Gasteiger partial charge in [-0.3, -0.25) is 5.32 Å². The Kier molecular flexibility index (Phi) is 4.66. The molecule has 2 amide bonds. The van der Waals surface area contributed by atoms with E-state index in [-0.39, 0.29) is 17.5 Å². The molecule has 2 fully saturated rings. The Morgan fingerprint density at radius 2 is 2.13 bits per heavy atom. The summed E-state index contributed by atoms with van der Waals surface area (Å²) in [5.74, 6) is 1.09. The van der Waals surface area contributed by atoms with Crippen LogP contribution < -0.4 is 15.5 Å². The third-order valence-corrected chi connectivity index (χ3v) is 5.02. The van der Waals surface area contributed by atoms with Crippen molar-refractivity contribution in [3.63, 3.8) is 0 Å². The average Bonchev–Trinajstić information content (AvgIpc) is 2.90. The molecule has 1 aliphatic carbocycles. The van der Waals surface area contributed by atoms with Crippen LogP contribution in [0.4, 0.5) is 16.6 Å². The quantitative estimate of drug-likeness (QED) is 0.891. The molecule has 2 aliphatic rings. The van der Waals surface area contributed by atoms with E-state index in [1.807, 2.05) is 19.0 Å². The predicted octanol–water partition coefficient (Wildman–Crippen LogP) is 2.01. The van der Waals surface area contributed by atoms with E-state index >= 15 is 0 Å². The molecule has 23 heavy (non-hydrogen) atoms. The highest BCUT2D eigenvalue weighted by atomic mass is 16.5. The fraction of sp³-hybridized carbons (Fsp3) is 0.688. The molecule has 1 saturated carbocycles. The van der Waals surface area contributed by atoms with E-state index in [9.17, 15) is 4.79 Å². The number of amides is 2. The second kappa shape index (κ2) is 6.70. The molecule has 0 aromatic carbocycles. The van der Waals surface area contributed by atoms with E-state index in [0.29, 0.717) is 5.95 Å². The maximum atomic E-state index is 12.3. The van der Waals surface area contributed by atoms with E-state index in [1.165, 1.54) is 6.42 Å². The summed E-state index contributed by atoms with van der Waals surface area (Å²) in [6.07, 6.45) is 7.08. The molecule has 2 heterocycles. The van der Waals surface area contributed by atoms with E-state index in [1.54, 1.807) is 12.3 Å². The van der Waals surface area contributed by atoms with Crippen molar-refractivity contribution in [1.29, 1.82) is 0 Å². The first-order valence-corrected chi connectivity index (χ1v) is 8.25. The molecule has 3 rings (SSSR count). The number of hydrogen-bond acceptors (Lipinski definition) is 5. The van der Waals surface area contributed by atoms with Crippen LogP contribution in [0, 0.1) is 5.41 Å². The van der Waals surface area contributed by atoms with Gasteiger partial charge in [-0.15, -0.1) is 0 Å². The summed E-state index contributed by atoms with van der Waals surface area (Å²) in [5.41, 5.74) is 0.210. The van der Waals surface area contributed by atoms with Crippen molar-refractivity contribution in [1.82, 2.24) is 15.3 Å². The van der Waals surface area contributed by atoms with Crippen LogP contribution in [0.2, 0.25) is 0 Å². The Morgan fingerprint density at radius 3 is 2.87 bits per heavy atom. The number of ether oxygens (including phenoxy) is 1. The van der Waals surface area contributed by atoms with Gasteiger partial charge in [-0.1, -0.05) is 6.42 Å². The first-order chi connectivity index (χ1) is 11.1. The molecule has 0 bridgehead atoms. The van der Waals surface area contributed by atoms with Crippen LogP contribution in [-0.2, 0) is 4.74 Å². The minimum atomic E-state index is -0.223. The second-order valence-corrected chi connectivity index (χ2v) is 6.65. The highest BCUT2D eigenvalue weighted by Crippen LogP contribution is 2.45. The van der Waals surface area contributed by atoms with Crippen molar-refractivity contribution in [2.24, 2.45) is 5.41 Å². The van der Waals surface area contributed by atoms with Crippen LogP contribution in [-0.4, -0.2) is 49.4 Å². The van der Waals surface area contributed by atoms with Gasteiger partial charge >= 0.3 is 6.03 Å². The lowest BCUT2D eigenvalue weighted by atomic mass is 9.75. The summed E-state index contributed by atoms with van der Waals surface area (Å²) in [6, 6.07) is 1.79. The largest absolute Gasteiger partial charge is 0.381 e. The normalized spacial score (nSPS) is 22.8. The molecule has 126 valence electrons. The zero-order chi connectivity index (χ0) is 16.3. The Balaban J connectivity index is 1.62. The van der Waals surface area contributed by atoms with Crippen LogP contribution in [0.25, 0.3) is 0 Å². The number of anilines is 2. The maximum Gasteiger partial charge on any atom is 0.321 e. The topological polar surface area (TPSA) is 79.4 Å². The number of aromatic nitrogens is 2. The van der Waals surface area contributed by atoms with Crippen LogP contribution in [0.15, 0.2) is 12.3 Å². The molecule has 1 aromatic heterocycles. The lowest BCUT2D eigenvalue weighted by molar-refractivity contribution is 0.00651. The number of carbonyl (C=O) groups excluding carboxylic acids is 1. The van der Waals surface area contributed by atoms with Gasteiger partial charge in [-0.25, -0.2) is 9.78 Å². The maximum absolute atomic E-state index is 12.3. The van der Waals surface area contributed by atoms with Gasteiger partial charge in [0.05, 0.1) is 0 Å². The zero-order valence-electron chi connectivity index (χ0n) is 13.8. The van der Waals surface area contributed by atoms with Crippen LogP contribution in [0.3, 0.4) is 0 Å². The summed E-state index contributed by atoms with van der Waals surface area (Å²) in [7, 11) is 3.80. The molecule has 1 aromatic rings. The monoisotopic (exact) mass is 319 g/mol. The molecule has 1 atom stereocenters. The molecule has 1 unspecified atom stereocenters. The predicted molar refractivity (Wildman–Crippen MR) is 88.6 cm³/mol. The van der Waals surface area contributed by atoms with Gasteiger partial charge in [0, 0.05) is 39.5 Å². The van der Waals surface area contributed by atoms with E-state index in [2.05, 4.69) is 20.6 Å². The smallest absolute Gasteiger partial charge is 0.321 e. The Morgan fingerprint density at radius 1 is 1.35 bits per heavy atom. The van der Waals surface area contributed by atoms with Crippen molar-refractivity contribution in [3.05, 3.63) is 12.3 Å². The Bertz CT molecular complexity index is 557. The standard InChI is InChI=1S/C16H25N5O2/c1-21(2)13-5-9-17-14(19-13)20-15(22)18-12-4-3-6-16(12)7-10-23-11-8-16/h5,9,12H,3-4,6-8,10-11H2,1-2H3,(H2,17,18,19,20,22).